The zero-order valence-corrected chi connectivity index (χ0v) is 10.5. The summed E-state index contributed by atoms with van der Waals surface area (Å²) in [5.74, 6) is 0. The number of aliphatic hydroxyl groups is 1. The number of aliphatic hydroxyl groups excluding tert-OH is 1. The van der Waals surface area contributed by atoms with Crippen molar-refractivity contribution in [3.63, 3.8) is 0 Å². The van der Waals surface area contributed by atoms with Gasteiger partial charge in [-0.15, -0.1) is 0 Å². The summed E-state index contributed by atoms with van der Waals surface area (Å²) in [6, 6.07) is 9.85. The number of nitrogens with zero attached hydrogens (tertiary/aromatic N) is 1. The number of rotatable bonds is 2. The molecule has 2 aromatic rings. The van der Waals surface area contributed by atoms with Crippen LogP contribution in [0.3, 0.4) is 0 Å². The molecule has 1 aromatic carbocycles. The molecule has 2 atom stereocenters. The van der Waals surface area contributed by atoms with Crippen LogP contribution >= 0.6 is 0 Å². The molecular weight excluding hydrogens is 226 g/mol. The predicted molar refractivity (Wildman–Crippen MR) is 70.3 cm³/mol. The Morgan fingerprint density at radius 3 is 3.06 bits per heavy atom. The van der Waals surface area contributed by atoms with Crippen molar-refractivity contribution in [2.75, 3.05) is 6.61 Å². The predicted octanol–water partition coefficient (Wildman–Crippen LogP) is 2.84. The molecule has 3 heteroatoms. The lowest BCUT2D eigenvalue weighted by atomic mass is 9.90. The maximum absolute atomic E-state index is 10.5. The molecule has 0 spiro atoms. The van der Waals surface area contributed by atoms with E-state index < -0.39 is 11.7 Å². The molecule has 3 nitrogen and oxygen atoms in total. The Kier molecular flexibility index (Phi) is 2.80. The van der Waals surface area contributed by atoms with Crippen LogP contribution in [-0.2, 0) is 4.74 Å². The SMILES string of the molecule is CC1(C(O)c2ccc3cccnc3c2)CCCO1. The first-order valence-electron chi connectivity index (χ1n) is 6.36. The highest BCUT2D eigenvalue weighted by Gasteiger charge is 2.38. The van der Waals surface area contributed by atoms with Gasteiger partial charge in [-0.05, 0) is 37.5 Å². The van der Waals surface area contributed by atoms with Gasteiger partial charge in [-0.2, -0.15) is 0 Å². The number of benzene rings is 1. The van der Waals surface area contributed by atoms with Crippen molar-refractivity contribution in [3.8, 4) is 0 Å². The standard InChI is InChI=1S/C15H17NO2/c1-15(7-3-9-18-15)14(17)12-6-5-11-4-2-8-16-13(11)10-12/h2,4-6,8,10,14,17H,3,7,9H2,1H3. The van der Waals surface area contributed by atoms with Crippen LogP contribution in [0.2, 0.25) is 0 Å². The molecule has 2 heterocycles. The van der Waals surface area contributed by atoms with Gasteiger partial charge in [-0.3, -0.25) is 4.98 Å². The molecule has 0 aliphatic carbocycles. The van der Waals surface area contributed by atoms with Crippen LogP contribution in [0.25, 0.3) is 10.9 Å². The van der Waals surface area contributed by atoms with Gasteiger partial charge in [0.25, 0.3) is 0 Å². The van der Waals surface area contributed by atoms with Crippen molar-refractivity contribution in [3.05, 3.63) is 42.1 Å². The van der Waals surface area contributed by atoms with E-state index in [4.69, 9.17) is 4.74 Å². The van der Waals surface area contributed by atoms with E-state index in [0.29, 0.717) is 0 Å². The number of pyridine rings is 1. The quantitative estimate of drug-likeness (QED) is 0.882. The molecule has 1 aliphatic heterocycles. The number of hydrogen-bond acceptors (Lipinski definition) is 3. The summed E-state index contributed by atoms with van der Waals surface area (Å²) in [7, 11) is 0. The van der Waals surface area contributed by atoms with Gasteiger partial charge in [-0.25, -0.2) is 0 Å². The van der Waals surface area contributed by atoms with Crippen molar-refractivity contribution in [1.29, 1.82) is 0 Å². The van der Waals surface area contributed by atoms with E-state index in [1.165, 1.54) is 0 Å². The van der Waals surface area contributed by atoms with Gasteiger partial charge >= 0.3 is 0 Å². The van der Waals surface area contributed by atoms with E-state index >= 15 is 0 Å². The largest absolute Gasteiger partial charge is 0.385 e. The molecule has 1 aromatic heterocycles. The Bertz CT molecular complexity index is 561. The smallest absolute Gasteiger partial charge is 0.108 e. The molecule has 0 radical (unpaired) electrons. The zero-order chi connectivity index (χ0) is 12.6. The fraction of sp³-hybridized carbons (Fsp3) is 0.400. The van der Waals surface area contributed by atoms with Crippen molar-refractivity contribution >= 4 is 10.9 Å². The Morgan fingerprint density at radius 2 is 2.28 bits per heavy atom. The van der Waals surface area contributed by atoms with Crippen molar-refractivity contribution in [2.45, 2.75) is 31.5 Å². The van der Waals surface area contributed by atoms with Crippen LogP contribution in [0, 0.1) is 0 Å². The third-order valence-corrected chi connectivity index (χ3v) is 3.77. The summed E-state index contributed by atoms with van der Waals surface area (Å²) >= 11 is 0. The lowest BCUT2D eigenvalue weighted by Gasteiger charge is -2.29. The van der Waals surface area contributed by atoms with Gasteiger partial charge in [0.05, 0.1) is 11.1 Å². The number of ether oxygens (including phenoxy) is 1. The van der Waals surface area contributed by atoms with Gasteiger partial charge in [0.2, 0.25) is 0 Å². The topological polar surface area (TPSA) is 42.4 Å². The number of aromatic nitrogens is 1. The zero-order valence-electron chi connectivity index (χ0n) is 10.5. The summed E-state index contributed by atoms with van der Waals surface area (Å²) < 4.78 is 5.70. The summed E-state index contributed by atoms with van der Waals surface area (Å²) in [6.45, 7) is 2.71. The monoisotopic (exact) mass is 243 g/mol. The van der Waals surface area contributed by atoms with Crippen LogP contribution in [0.1, 0.15) is 31.4 Å². The highest BCUT2D eigenvalue weighted by molar-refractivity contribution is 5.78. The summed E-state index contributed by atoms with van der Waals surface area (Å²) in [5, 5.41) is 11.6. The Balaban J connectivity index is 1.98. The minimum Gasteiger partial charge on any atom is -0.385 e. The summed E-state index contributed by atoms with van der Waals surface area (Å²) in [6.07, 6.45) is 3.09. The van der Waals surface area contributed by atoms with Crippen LogP contribution in [-0.4, -0.2) is 22.3 Å². The lowest BCUT2D eigenvalue weighted by Crippen LogP contribution is -2.31. The van der Waals surface area contributed by atoms with Gasteiger partial charge in [0.1, 0.15) is 6.10 Å². The third-order valence-electron chi connectivity index (χ3n) is 3.77. The fourth-order valence-electron chi connectivity index (χ4n) is 2.62. The Hall–Kier alpha value is -1.45. The molecule has 1 saturated heterocycles. The molecular formula is C15H17NO2. The Labute approximate surface area is 106 Å². The van der Waals surface area contributed by atoms with Crippen LogP contribution in [0.5, 0.6) is 0 Å². The van der Waals surface area contributed by atoms with E-state index in [1.807, 2.05) is 37.3 Å². The average Bonchev–Trinajstić information content (AvgIpc) is 2.85. The van der Waals surface area contributed by atoms with Crippen molar-refractivity contribution < 1.29 is 9.84 Å². The normalized spacial score (nSPS) is 25.4. The minimum absolute atomic E-state index is 0.456. The summed E-state index contributed by atoms with van der Waals surface area (Å²) in [4.78, 5) is 4.32. The van der Waals surface area contributed by atoms with E-state index in [1.54, 1.807) is 6.20 Å². The van der Waals surface area contributed by atoms with E-state index in [2.05, 4.69) is 4.98 Å². The number of hydrogen-bond donors (Lipinski definition) is 1. The van der Waals surface area contributed by atoms with Gasteiger partial charge in [0, 0.05) is 18.2 Å². The molecule has 0 amide bonds. The second-order valence-electron chi connectivity index (χ2n) is 5.12. The van der Waals surface area contributed by atoms with Crippen LogP contribution < -0.4 is 0 Å². The molecule has 3 rings (SSSR count). The fourth-order valence-corrected chi connectivity index (χ4v) is 2.62. The first-order chi connectivity index (χ1) is 8.69. The van der Waals surface area contributed by atoms with Crippen molar-refractivity contribution in [2.24, 2.45) is 0 Å². The van der Waals surface area contributed by atoms with Gasteiger partial charge in [-0.1, -0.05) is 18.2 Å². The second-order valence-corrected chi connectivity index (χ2v) is 5.12. The Morgan fingerprint density at radius 1 is 1.39 bits per heavy atom. The first kappa shape index (κ1) is 11.6. The van der Waals surface area contributed by atoms with E-state index in [0.717, 1.165) is 35.9 Å². The molecule has 1 aliphatic rings. The summed E-state index contributed by atoms with van der Waals surface area (Å²) in [5.41, 5.74) is 1.34. The maximum Gasteiger partial charge on any atom is 0.108 e. The van der Waals surface area contributed by atoms with Crippen LogP contribution in [0.4, 0.5) is 0 Å². The first-order valence-corrected chi connectivity index (χ1v) is 6.36. The van der Waals surface area contributed by atoms with E-state index in [9.17, 15) is 5.11 Å². The second kappa shape index (κ2) is 4.34. The minimum atomic E-state index is -0.591. The van der Waals surface area contributed by atoms with Gasteiger partial charge in [0.15, 0.2) is 0 Å². The molecule has 0 bridgehead atoms. The van der Waals surface area contributed by atoms with Crippen LogP contribution in [0.15, 0.2) is 36.5 Å². The highest BCUT2D eigenvalue weighted by Crippen LogP contribution is 2.37. The maximum atomic E-state index is 10.5. The molecule has 1 N–H and O–H groups in total. The molecule has 0 saturated carbocycles. The van der Waals surface area contributed by atoms with Gasteiger partial charge < -0.3 is 9.84 Å². The average molecular weight is 243 g/mol. The van der Waals surface area contributed by atoms with Crippen molar-refractivity contribution in [1.82, 2.24) is 4.98 Å². The number of fused-ring (bicyclic) bond motifs is 1. The molecule has 94 valence electrons. The highest BCUT2D eigenvalue weighted by atomic mass is 16.5. The molecule has 18 heavy (non-hydrogen) atoms. The third kappa shape index (κ3) is 1.89. The molecule has 1 fully saturated rings. The molecule has 2 unspecified atom stereocenters. The van der Waals surface area contributed by atoms with E-state index in [-0.39, 0.29) is 0 Å². The lowest BCUT2D eigenvalue weighted by molar-refractivity contribution is -0.0795.